The van der Waals surface area contributed by atoms with Crippen molar-refractivity contribution >= 4 is 23.2 Å². The van der Waals surface area contributed by atoms with E-state index in [4.69, 9.17) is 4.74 Å². The van der Waals surface area contributed by atoms with E-state index in [1.54, 1.807) is 11.9 Å². The zero-order valence-electron chi connectivity index (χ0n) is 15.4. The van der Waals surface area contributed by atoms with Crippen LogP contribution in [0.5, 0.6) is 5.75 Å². The second kappa shape index (κ2) is 7.31. The lowest BCUT2D eigenvalue weighted by Crippen LogP contribution is -2.51. The first-order chi connectivity index (χ1) is 13.1. The van der Waals surface area contributed by atoms with Crippen LogP contribution >= 0.6 is 0 Å². The summed E-state index contributed by atoms with van der Waals surface area (Å²) >= 11 is 0. The van der Waals surface area contributed by atoms with Gasteiger partial charge in [0.25, 0.3) is 5.91 Å². The number of likely N-dealkylation sites (N-methyl/N-ethyl adjacent to an activating group) is 1. The number of benzene rings is 2. The molecule has 0 radical (unpaired) electrons. The summed E-state index contributed by atoms with van der Waals surface area (Å²) in [5.74, 6) is 0.435. The molecule has 0 bridgehead atoms. The van der Waals surface area contributed by atoms with Gasteiger partial charge in [-0.15, -0.1) is 0 Å². The van der Waals surface area contributed by atoms with Crippen LogP contribution in [0.2, 0.25) is 0 Å². The number of ether oxygens (including phenoxy) is 1. The number of para-hydroxylation sites is 3. The fourth-order valence-electron chi connectivity index (χ4n) is 3.64. The van der Waals surface area contributed by atoms with Crippen molar-refractivity contribution in [2.75, 3.05) is 43.0 Å². The Morgan fingerprint density at radius 3 is 2.41 bits per heavy atom. The molecule has 140 valence electrons. The lowest BCUT2D eigenvalue weighted by Gasteiger charge is -2.37. The molecule has 6 heteroatoms. The summed E-state index contributed by atoms with van der Waals surface area (Å²) in [6, 6.07) is 17.6. The minimum absolute atomic E-state index is 0.0335. The van der Waals surface area contributed by atoms with Crippen molar-refractivity contribution in [3.05, 3.63) is 54.6 Å². The Bertz CT molecular complexity index is 832. The van der Waals surface area contributed by atoms with E-state index in [1.165, 1.54) is 5.69 Å². The fourth-order valence-corrected chi connectivity index (χ4v) is 3.64. The highest BCUT2D eigenvalue weighted by Gasteiger charge is 2.35. The number of piperazine rings is 1. The van der Waals surface area contributed by atoms with Gasteiger partial charge in [-0.05, 0) is 24.3 Å². The number of carbonyl (C=O) groups is 2. The van der Waals surface area contributed by atoms with E-state index in [1.807, 2.05) is 47.4 Å². The Hall–Kier alpha value is -3.02. The van der Waals surface area contributed by atoms with Gasteiger partial charge >= 0.3 is 0 Å². The summed E-state index contributed by atoms with van der Waals surface area (Å²) < 4.78 is 5.82. The van der Waals surface area contributed by atoms with E-state index >= 15 is 0 Å². The van der Waals surface area contributed by atoms with E-state index in [0.717, 1.165) is 18.8 Å². The smallest absolute Gasteiger partial charge is 0.268 e. The zero-order chi connectivity index (χ0) is 18.8. The maximum absolute atomic E-state index is 12.7. The van der Waals surface area contributed by atoms with E-state index < -0.39 is 6.10 Å². The van der Waals surface area contributed by atoms with Crippen molar-refractivity contribution in [1.29, 1.82) is 0 Å². The molecule has 0 saturated carbocycles. The number of anilines is 2. The quantitative estimate of drug-likeness (QED) is 0.836. The molecule has 0 aliphatic carbocycles. The minimum Gasteiger partial charge on any atom is -0.478 e. The van der Waals surface area contributed by atoms with Gasteiger partial charge in [0.05, 0.1) is 12.1 Å². The van der Waals surface area contributed by atoms with Crippen molar-refractivity contribution < 1.29 is 14.3 Å². The SMILES string of the molecule is CN1C(=O)C(CC(=O)N2CCN(c3ccccc3)CC2)Oc2ccccc21. The van der Waals surface area contributed by atoms with Crippen molar-refractivity contribution in [1.82, 2.24) is 4.90 Å². The number of fused-ring (bicyclic) bond motifs is 1. The summed E-state index contributed by atoms with van der Waals surface area (Å²) in [6.45, 7) is 2.89. The number of amides is 2. The van der Waals surface area contributed by atoms with E-state index in [0.29, 0.717) is 18.8 Å². The van der Waals surface area contributed by atoms with E-state index in [9.17, 15) is 9.59 Å². The molecule has 0 N–H and O–H groups in total. The third-order valence-corrected chi connectivity index (χ3v) is 5.22. The topological polar surface area (TPSA) is 53.1 Å². The van der Waals surface area contributed by atoms with Crippen LogP contribution in [0.4, 0.5) is 11.4 Å². The summed E-state index contributed by atoms with van der Waals surface area (Å²) in [7, 11) is 1.72. The van der Waals surface area contributed by atoms with Crippen LogP contribution < -0.4 is 14.5 Å². The van der Waals surface area contributed by atoms with Gasteiger partial charge in [-0.2, -0.15) is 0 Å². The van der Waals surface area contributed by atoms with Crippen molar-refractivity contribution in [3.63, 3.8) is 0 Å². The highest BCUT2D eigenvalue weighted by molar-refractivity contribution is 6.01. The second-order valence-electron chi connectivity index (χ2n) is 6.88. The molecule has 6 nitrogen and oxygen atoms in total. The molecule has 1 fully saturated rings. The molecule has 27 heavy (non-hydrogen) atoms. The number of hydrogen-bond donors (Lipinski definition) is 0. The second-order valence-corrected chi connectivity index (χ2v) is 6.88. The molecular weight excluding hydrogens is 342 g/mol. The van der Waals surface area contributed by atoms with Crippen LogP contribution in [0.3, 0.4) is 0 Å². The zero-order valence-corrected chi connectivity index (χ0v) is 15.4. The predicted octanol–water partition coefficient (Wildman–Crippen LogP) is 2.15. The van der Waals surface area contributed by atoms with Crippen LogP contribution in [0.25, 0.3) is 0 Å². The first-order valence-electron chi connectivity index (χ1n) is 9.24. The molecule has 1 unspecified atom stereocenters. The first-order valence-corrected chi connectivity index (χ1v) is 9.24. The first kappa shape index (κ1) is 17.4. The van der Waals surface area contributed by atoms with Gasteiger partial charge in [-0.25, -0.2) is 0 Å². The molecule has 2 heterocycles. The van der Waals surface area contributed by atoms with E-state index in [2.05, 4.69) is 17.0 Å². The van der Waals surface area contributed by atoms with Crippen molar-refractivity contribution in [3.8, 4) is 5.75 Å². The highest BCUT2D eigenvalue weighted by Crippen LogP contribution is 2.33. The molecule has 2 aliphatic rings. The van der Waals surface area contributed by atoms with Gasteiger partial charge in [0.1, 0.15) is 5.75 Å². The van der Waals surface area contributed by atoms with Crippen LogP contribution in [-0.2, 0) is 9.59 Å². The van der Waals surface area contributed by atoms with Gasteiger partial charge in [0.2, 0.25) is 5.91 Å². The number of rotatable bonds is 3. The minimum atomic E-state index is -0.760. The maximum atomic E-state index is 12.7. The largest absolute Gasteiger partial charge is 0.478 e. The van der Waals surface area contributed by atoms with Gasteiger partial charge in [0, 0.05) is 38.9 Å². The summed E-state index contributed by atoms with van der Waals surface area (Å²) in [6.07, 6.45) is -0.687. The normalized spacial score (nSPS) is 19.5. The predicted molar refractivity (Wildman–Crippen MR) is 104 cm³/mol. The molecule has 1 atom stereocenters. The average molecular weight is 365 g/mol. The van der Waals surface area contributed by atoms with Gasteiger partial charge in [-0.3, -0.25) is 9.59 Å². The van der Waals surface area contributed by atoms with Crippen LogP contribution in [-0.4, -0.2) is 56.0 Å². The van der Waals surface area contributed by atoms with Crippen LogP contribution in [0.1, 0.15) is 6.42 Å². The molecule has 2 aliphatic heterocycles. The molecule has 2 aromatic rings. The standard InChI is InChI=1S/C21H23N3O3/c1-22-17-9-5-6-10-18(17)27-19(21(22)26)15-20(25)24-13-11-23(12-14-24)16-7-3-2-4-8-16/h2-10,19H,11-15H2,1H3. The number of nitrogens with zero attached hydrogens (tertiary/aromatic N) is 3. The third kappa shape index (κ3) is 3.47. The lowest BCUT2D eigenvalue weighted by molar-refractivity contribution is -0.138. The number of hydrogen-bond acceptors (Lipinski definition) is 4. The Labute approximate surface area is 158 Å². The Morgan fingerprint density at radius 2 is 1.67 bits per heavy atom. The molecule has 1 saturated heterocycles. The Balaban J connectivity index is 1.37. The molecule has 0 spiro atoms. The molecule has 0 aromatic heterocycles. The molecule has 2 amide bonds. The van der Waals surface area contributed by atoms with Crippen molar-refractivity contribution in [2.24, 2.45) is 0 Å². The van der Waals surface area contributed by atoms with Crippen LogP contribution in [0, 0.1) is 0 Å². The molecular formula is C21H23N3O3. The van der Waals surface area contributed by atoms with Gasteiger partial charge < -0.3 is 19.4 Å². The highest BCUT2D eigenvalue weighted by atomic mass is 16.5. The van der Waals surface area contributed by atoms with Gasteiger partial charge in [0.15, 0.2) is 6.10 Å². The average Bonchev–Trinajstić information content (AvgIpc) is 2.72. The third-order valence-electron chi connectivity index (χ3n) is 5.22. The van der Waals surface area contributed by atoms with Crippen LogP contribution in [0.15, 0.2) is 54.6 Å². The Morgan fingerprint density at radius 1 is 1.00 bits per heavy atom. The van der Waals surface area contributed by atoms with E-state index in [-0.39, 0.29) is 18.2 Å². The van der Waals surface area contributed by atoms with Gasteiger partial charge in [-0.1, -0.05) is 30.3 Å². The summed E-state index contributed by atoms with van der Waals surface area (Å²) in [4.78, 5) is 31.0. The molecule has 4 rings (SSSR count). The maximum Gasteiger partial charge on any atom is 0.268 e. The summed E-state index contributed by atoms with van der Waals surface area (Å²) in [5, 5.41) is 0. The number of carbonyl (C=O) groups excluding carboxylic acids is 2. The lowest BCUT2D eigenvalue weighted by atomic mass is 10.1. The Kier molecular flexibility index (Phi) is 4.71. The summed E-state index contributed by atoms with van der Waals surface area (Å²) in [5.41, 5.74) is 1.91. The monoisotopic (exact) mass is 365 g/mol. The van der Waals surface area contributed by atoms with Crippen molar-refractivity contribution in [2.45, 2.75) is 12.5 Å². The fraction of sp³-hybridized carbons (Fsp3) is 0.333. The molecule has 2 aromatic carbocycles.